The van der Waals surface area contributed by atoms with Crippen molar-refractivity contribution in [3.05, 3.63) is 52.9 Å². The average Bonchev–Trinajstić information content (AvgIpc) is 2.41. The predicted octanol–water partition coefficient (Wildman–Crippen LogP) is 1.18. The van der Waals surface area contributed by atoms with Gasteiger partial charge in [-0.15, -0.1) is 0 Å². The maximum Gasteiger partial charge on any atom is 0.262 e. The van der Waals surface area contributed by atoms with E-state index in [-0.39, 0.29) is 10.6 Å². The molecule has 1 heterocycles. The summed E-state index contributed by atoms with van der Waals surface area (Å²) in [5.74, 6) is 0.552. The summed E-state index contributed by atoms with van der Waals surface area (Å²) in [6, 6.07) is 7.11. The zero-order chi connectivity index (χ0) is 13.9. The molecule has 0 fully saturated rings. The van der Waals surface area contributed by atoms with Gasteiger partial charge in [-0.2, -0.15) is 0 Å². The first-order valence-corrected chi connectivity index (χ1v) is 6.85. The molecule has 1 aromatic heterocycles. The number of H-pyrrole nitrogens is 1. The van der Waals surface area contributed by atoms with E-state index in [0.717, 1.165) is 0 Å². The number of sulfonamides is 1. The number of anilines is 1. The second kappa shape index (κ2) is 5.15. The lowest BCUT2D eigenvalue weighted by molar-refractivity contribution is 0.414. The van der Waals surface area contributed by atoms with Crippen molar-refractivity contribution in [3.63, 3.8) is 0 Å². The number of aromatic amines is 1. The van der Waals surface area contributed by atoms with Gasteiger partial charge in [-0.3, -0.25) is 9.52 Å². The summed E-state index contributed by atoms with van der Waals surface area (Å²) < 4.78 is 31.3. The van der Waals surface area contributed by atoms with Gasteiger partial charge in [0.05, 0.1) is 12.0 Å². The second-order valence-corrected chi connectivity index (χ2v) is 5.39. The summed E-state index contributed by atoms with van der Waals surface area (Å²) in [5, 5.41) is 0. The van der Waals surface area contributed by atoms with Crippen LogP contribution in [0.25, 0.3) is 0 Å². The Balaban J connectivity index is 2.32. The Kier molecular flexibility index (Phi) is 3.57. The Bertz CT molecular complexity index is 720. The quantitative estimate of drug-likeness (QED) is 0.880. The molecular weight excluding hydrogens is 268 g/mol. The van der Waals surface area contributed by atoms with Crippen LogP contribution in [-0.2, 0) is 10.0 Å². The van der Waals surface area contributed by atoms with E-state index in [2.05, 4.69) is 9.71 Å². The van der Waals surface area contributed by atoms with E-state index < -0.39 is 15.5 Å². The van der Waals surface area contributed by atoms with Crippen LogP contribution in [0.2, 0.25) is 0 Å². The van der Waals surface area contributed by atoms with Crippen LogP contribution >= 0.6 is 0 Å². The Morgan fingerprint density at radius 3 is 2.42 bits per heavy atom. The van der Waals surface area contributed by atoms with Crippen LogP contribution < -0.4 is 14.9 Å². The monoisotopic (exact) mass is 280 g/mol. The first-order chi connectivity index (χ1) is 9.03. The average molecular weight is 280 g/mol. The van der Waals surface area contributed by atoms with Gasteiger partial charge in [0, 0.05) is 18.5 Å². The maximum atomic E-state index is 12.0. The van der Waals surface area contributed by atoms with Crippen molar-refractivity contribution in [3.8, 4) is 5.75 Å². The molecule has 0 aliphatic rings. The smallest absolute Gasteiger partial charge is 0.262 e. The minimum atomic E-state index is -3.79. The van der Waals surface area contributed by atoms with Crippen LogP contribution in [0.5, 0.6) is 5.75 Å². The number of hydrogen-bond donors (Lipinski definition) is 2. The normalized spacial score (nSPS) is 11.0. The molecule has 0 atom stereocenters. The Morgan fingerprint density at radius 1 is 1.16 bits per heavy atom. The molecule has 0 amide bonds. The SMILES string of the molecule is COc1ccc(S(=O)(=O)Nc2c[nH]ccc2=O)cc1. The highest BCUT2D eigenvalue weighted by molar-refractivity contribution is 7.92. The van der Waals surface area contributed by atoms with Crippen molar-refractivity contribution in [2.24, 2.45) is 0 Å². The van der Waals surface area contributed by atoms with Crippen molar-refractivity contribution in [2.75, 3.05) is 11.8 Å². The largest absolute Gasteiger partial charge is 0.497 e. The molecule has 1 aromatic carbocycles. The standard InChI is InChI=1S/C12H12N2O4S/c1-18-9-2-4-10(5-3-9)19(16,17)14-11-8-13-7-6-12(11)15/h2-8,14H,1H3,(H,13,15). The molecule has 0 saturated carbocycles. The van der Waals surface area contributed by atoms with Crippen LogP contribution in [0.1, 0.15) is 0 Å². The van der Waals surface area contributed by atoms with Gasteiger partial charge in [0.2, 0.25) is 5.43 Å². The maximum absolute atomic E-state index is 12.0. The first kappa shape index (κ1) is 13.2. The molecule has 0 spiro atoms. The van der Waals surface area contributed by atoms with Crippen LogP contribution in [0, 0.1) is 0 Å². The highest BCUT2D eigenvalue weighted by Crippen LogP contribution is 2.17. The van der Waals surface area contributed by atoms with E-state index in [1.807, 2.05) is 0 Å². The molecule has 0 unspecified atom stereocenters. The summed E-state index contributed by atoms with van der Waals surface area (Å²) in [5.41, 5.74) is -0.436. The number of aromatic nitrogens is 1. The molecule has 2 aromatic rings. The summed E-state index contributed by atoms with van der Waals surface area (Å²) in [6.07, 6.45) is 2.72. The van der Waals surface area contributed by atoms with Gasteiger partial charge >= 0.3 is 0 Å². The van der Waals surface area contributed by atoms with Crippen LogP contribution in [0.3, 0.4) is 0 Å². The highest BCUT2D eigenvalue weighted by Gasteiger charge is 2.15. The lowest BCUT2D eigenvalue weighted by Gasteiger charge is -2.07. The van der Waals surface area contributed by atoms with Crippen LogP contribution in [0.4, 0.5) is 5.69 Å². The van der Waals surface area contributed by atoms with E-state index >= 15 is 0 Å². The third kappa shape index (κ3) is 2.94. The molecule has 0 bridgehead atoms. The molecule has 19 heavy (non-hydrogen) atoms. The van der Waals surface area contributed by atoms with Gasteiger partial charge in [-0.1, -0.05) is 0 Å². The summed E-state index contributed by atoms with van der Waals surface area (Å²) in [6.45, 7) is 0. The zero-order valence-electron chi connectivity index (χ0n) is 10.1. The summed E-state index contributed by atoms with van der Waals surface area (Å²) >= 11 is 0. The fourth-order valence-electron chi connectivity index (χ4n) is 1.45. The van der Waals surface area contributed by atoms with E-state index in [4.69, 9.17) is 4.74 Å². The molecule has 0 aliphatic heterocycles. The van der Waals surface area contributed by atoms with Gasteiger partial charge in [-0.05, 0) is 24.3 Å². The fourth-order valence-corrected chi connectivity index (χ4v) is 2.52. The lowest BCUT2D eigenvalue weighted by atomic mass is 10.3. The minimum absolute atomic E-state index is 0.0293. The molecule has 0 aliphatic carbocycles. The number of nitrogens with one attached hydrogen (secondary N) is 2. The fraction of sp³-hybridized carbons (Fsp3) is 0.0833. The minimum Gasteiger partial charge on any atom is -0.497 e. The van der Waals surface area contributed by atoms with E-state index in [0.29, 0.717) is 5.75 Å². The summed E-state index contributed by atoms with van der Waals surface area (Å²) in [4.78, 5) is 14.2. The van der Waals surface area contributed by atoms with Crippen molar-refractivity contribution in [2.45, 2.75) is 4.90 Å². The molecule has 0 radical (unpaired) electrons. The summed E-state index contributed by atoms with van der Waals surface area (Å²) in [7, 11) is -2.30. The van der Waals surface area contributed by atoms with Crippen molar-refractivity contribution < 1.29 is 13.2 Å². The Labute approximate surface area is 110 Å². The number of pyridine rings is 1. The molecule has 7 heteroatoms. The third-order valence-electron chi connectivity index (χ3n) is 2.44. The van der Waals surface area contributed by atoms with Gasteiger partial charge in [0.15, 0.2) is 0 Å². The predicted molar refractivity (Wildman–Crippen MR) is 70.9 cm³/mol. The third-order valence-corrected chi connectivity index (χ3v) is 3.82. The molecule has 100 valence electrons. The molecule has 6 nitrogen and oxygen atoms in total. The molecule has 2 N–H and O–H groups in total. The lowest BCUT2D eigenvalue weighted by Crippen LogP contribution is -2.18. The van der Waals surface area contributed by atoms with Crippen LogP contribution in [-0.4, -0.2) is 20.5 Å². The molecule has 2 rings (SSSR count). The van der Waals surface area contributed by atoms with E-state index in [1.54, 1.807) is 0 Å². The van der Waals surface area contributed by atoms with E-state index in [9.17, 15) is 13.2 Å². The van der Waals surface area contributed by atoms with Gasteiger partial charge in [-0.25, -0.2) is 8.42 Å². The van der Waals surface area contributed by atoms with Crippen LogP contribution in [0.15, 0.2) is 52.4 Å². The van der Waals surface area contributed by atoms with Crippen molar-refractivity contribution in [1.29, 1.82) is 0 Å². The molecular formula is C12H12N2O4S. The number of benzene rings is 1. The van der Waals surface area contributed by atoms with E-state index in [1.165, 1.54) is 49.8 Å². The number of ether oxygens (including phenoxy) is 1. The van der Waals surface area contributed by atoms with Gasteiger partial charge in [0.1, 0.15) is 11.4 Å². The van der Waals surface area contributed by atoms with Crippen molar-refractivity contribution in [1.82, 2.24) is 4.98 Å². The second-order valence-electron chi connectivity index (χ2n) is 3.70. The number of hydrogen-bond acceptors (Lipinski definition) is 4. The Morgan fingerprint density at radius 2 is 1.84 bits per heavy atom. The number of rotatable bonds is 4. The number of methoxy groups -OCH3 is 1. The van der Waals surface area contributed by atoms with Crippen molar-refractivity contribution >= 4 is 15.7 Å². The molecule has 0 saturated heterocycles. The van der Waals surface area contributed by atoms with Gasteiger partial charge in [0.25, 0.3) is 10.0 Å². The Hall–Kier alpha value is -2.28. The zero-order valence-corrected chi connectivity index (χ0v) is 10.9. The first-order valence-electron chi connectivity index (χ1n) is 5.37. The van der Waals surface area contributed by atoms with Gasteiger partial charge < -0.3 is 9.72 Å². The topological polar surface area (TPSA) is 88.3 Å². The highest BCUT2D eigenvalue weighted by atomic mass is 32.2.